The van der Waals surface area contributed by atoms with Crippen molar-refractivity contribution in [3.63, 3.8) is 0 Å². The summed E-state index contributed by atoms with van der Waals surface area (Å²) in [6, 6.07) is 0. The summed E-state index contributed by atoms with van der Waals surface area (Å²) >= 11 is 0. The highest BCUT2D eigenvalue weighted by molar-refractivity contribution is 5.35. The van der Waals surface area contributed by atoms with Crippen molar-refractivity contribution >= 4 is 5.95 Å². The van der Waals surface area contributed by atoms with Crippen LogP contribution in [0.3, 0.4) is 0 Å². The molecule has 1 aliphatic rings. The molecule has 1 aromatic rings. The zero-order chi connectivity index (χ0) is 9.42. The average molecular weight is 177 g/mol. The van der Waals surface area contributed by atoms with Crippen LogP contribution in [0.1, 0.15) is 31.9 Å². The monoisotopic (exact) mass is 177 g/mol. The number of anilines is 1. The molecule has 0 saturated heterocycles. The van der Waals surface area contributed by atoms with Crippen LogP contribution in [0.15, 0.2) is 18.5 Å². The van der Waals surface area contributed by atoms with Gasteiger partial charge in [0, 0.05) is 17.3 Å². The first-order valence-electron chi connectivity index (χ1n) is 4.64. The van der Waals surface area contributed by atoms with Crippen LogP contribution in [0.5, 0.6) is 0 Å². The average Bonchev–Trinajstić information content (AvgIpc) is 2.60. The van der Waals surface area contributed by atoms with Crippen LogP contribution in [0.4, 0.5) is 5.95 Å². The second kappa shape index (κ2) is 2.91. The van der Waals surface area contributed by atoms with Crippen molar-refractivity contribution in [1.82, 2.24) is 9.97 Å². The van der Waals surface area contributed by atoms with Gasteiger partial charge in [0.05, 0.1) is 6.20 Å². The lowest BCUT2D eigenvalue weighted by molar-refractivity contribution is 0.893. The van der Waals surface area contributed by atoms with E-state index in [2.05, 4.69) is 28.8 Å². The van der Waals surface area contributed by atoms with Gasteiger partial charge in [0.2, 0.25) is 5.95 Å². The Balaban J connectivity index is 2.05. The maximum absolute atomic E-state index is 4.22. The van der Waals surface area contributed by atoms with Crippen LogP contribution >= 0.6 is 0 Å². The van der Waals surface area contributed by atoms with E-state index in [1.165, 1.54) is 12.1 Å². The molecule has 1 aromatic heterocycles. The van der Waals surface area contributed by atoms with Crippen LogP contribution in [0, 0.1) is 5.92 Å². The summed E-state index contributed by atoms with van der Waals surface area (Å²) in [6.07, 6.45) is 3.20. The van der Waals surface area contributed by atoms with Crippen molar-refractivity contribution in [3.05, 3.63) is 24.2 Å². The number of nitrogens with zero attached hydrogens (tertiary/aromatic N) is 1. The molecule has 2 rings (SSSR count). The number of hydrogen-bond acceptors (Lipinski definition) is 2. The van der Waals surface area contributed by atoms with E-state index in [9.17, 15) is 0 Å². The molecule has 1 aliphatic carbocycles. The van der Waals surface area contributed by atoms with E-state index >= 15 is 0 Å². The Hall–Kier alpha value is -1.25. The van der Waals surface area contributed by atoms with Gasteiger partial charge in [0.15, 0.2) is 0 Å². The highest BCUT2D eigenvalue weighted by Gasteiger charge is 2.35. The van der Waals surface area contributed by atoms with Crippen molar-refractivity contribution in [2.75, 3.05) is 5.32 Å². The Morgan fingerprint density at radius 3 is 3.00 bits per heavy atom. The summed E-state index contributed by atoms with van der Waals surface area (Å²) in [5.41, 5.74) is 2.15. The lowest BCUT2D eigenvalue weighted by Crippen LogP contribution is -1.95. The van der Waals surface area contributed by atoms with Gasteiger partial charge in [0.1, 0.15) is 0 Å². The molecule has 70 valence electrons. The lowest BCUT2D eigenvalue weighted by Gasteiger charge is -1.98. The molecule has 0 amide bonds. The predicted octanol–water partition coefficient (Wildman–Crippen LogP) is 2.48. The summed E-state index contributed by atoms with van der Waals surface area (Å²) in [7, 11) is 0. The maximum Gasteiger partial charge on any atom is 0.204 e. The largest absolute Gasteiger partial charge is 0.330 e. The quantitative estimate of drug-likeness (QED) is 0.744. The fourth-order valence-electron chi connectivity index (χ4n) is 1.54. The van der Waals surface area contributed by atoms with Gasteiger partial charge in [-0.25, -0.2) is 4.98 Å². The summed E-state index contributed by atoms with van der Waals surface area (Å²) in [6.45, 7) is 7.94. The number of aromatic amines is 1. The van der Waals surface area contributed by atoms with Crippen LogP contribution in [-0.4, -0.2) is 9.97 Å². The van der Waals surface area contributed by atoms with Gasteiger partial charge < -0.3 is 10.3 Å². The highest BCUT2D eigenvalue weighted by atomic mass is 15.1. The Kier molecular flexibility index (Phi) is 1.87. The Morgan fingerprint density at radius 1 is 1.77 bits per heavy atom. The van der Waals surface area contributed by atoms with Crippen LogP contribution < -0.4 is 5.32 Å². The number of imidazole rings is 1. The molecular weight excluding hydrogens is 162 g/mol. The Labute approximate surface area is 78.3 Å². The fraction of sp³-hybridized carbons (Fsp3) is 0.500. The smallest absolute Gasteiger partial charge is 0.204 e. The third-order valence-corrected chi connectivity index (χ3v) is 2.44. The molecular formula is C10H15N3. The van der Waals surface area contributed by atoms with E-state index in [0.29, 0.717) is 5.92 Å². The minimum atomic E-state index is 0.702. The predicted molar refractivity (Wildman–Crippen MR) is 53.5 cm³/mol. The number of H-pyrrole nitrogens is 1. The third kappa shape index (κ3) is 1.74. The van der Waals surface area contributed by atoms with E-state index < -0.39 is 0 Å². The maximum atomic E-state index is 4.22. The van der Waals surface area contributed by atoms with Gasteiger partial charge in [-0.2, -0.15) is 0 Å². The normalized spacial score (nSPS) is 25.7. The minimum Gasteiger partial charge on any atom is -0.330 e. The van der Waals surface area contributed by atoms with Gasteiger partial charge in [-0.1, -0.05) is 13.5 Å². The van der Waals surface area contributed by atoms with E-state index in [1.54, 1.807) is 0 Å². The zero-order valence-electron chi connectivity index (χ0n) is 8.09. The Bertz CT molecular complexity index is 327. The standard InChI is InChI=1S/C10H15N3/c1-6(2)12-10-11-5-9(13-10)8-4-7(8)3/h5,7-8H,1,4H2,2-3H3,(H2,11,12,13). The lowest BCUT2D eigenvalue weighted by atomic mass is 10.3. The molecule has 0 spiro atoms. The van der Waals surface area contributed by atoms with Crippen LogP contribution in [0.2, 0.25) is 0 Å². The van der Waals surface area contributed by atoms with Gasteiger partial charge in [0.25, 0.3) is 0 Å². The minimum absolute atomic E-state index is 0.702. The number of rotatable bonds is 3. The van der Waals surface area contributed by atoms with Gasteiger partial charge in [-0.15, -0.1) is 0 Å². The van der Waals surface area contributed by atoms with E-state index in [-0.39, 0.29) is 0 Å². The summed E-state index contributed by atoms with van der Waals surface area (Å²) < 4.78 is 0. The SMILES string of the molecule is C=C(C)Nc1ncc(C2CC2C)[nH]1. The van der Waals surface area contributed by atoms with Crippen molar-refractivity contribution < 1.29 is 0 Å². The van der Waals surface area contributed by atoms with Gasteiger partial charge >= 0.3 is 0 Å². The van der Waals surface area contributed by atoms with Crippen LogP contribution in [0.25, 0.3) is 0 Å². The first-order chi connectivity index (χ1) is 6.16. The fourth-order valence-corrected chi connectivity index (χ4v) is 1.54. The van der Waals surface area contributed by atoms with Gasteiger partial charge in [-0.05, 0) is 19.3 Å². The summed E-state index contributed by atoms with van der Waals surface area (Å²) in [4.78, 5) is 7.48. The molecule has 0 radical (unpaired) electrons. The molecule has 0 bridgehead atoms. The zero-order valence-corrected chi connectivity index (χ0v) is 8.09. The van der Waals surface area contributed by atoms with Crippen molar-refractivity contribution in [1.29, 1.82) is 0 Å². The highest BCUT2D eigenvalue weighted by Crippen LogP contribution is 2.46. The van der Waals surface area contributed by atoms with E-state index in [4.69, 9.17) is 0 Å². The number of aromatic nitrogens is 2. The molecule has 0 aromatic carbocycles. The molecule has 3 heteroatoms. The van der Waals surface area contributed by atoms with E-state index in [0.717, 1.165) is 17.6 Å². The Morgan fingerprint density at radius 2 is 2.46 bits per heavy atom. The molecule has 1 saturated carbocycles. The topological polar surface area (TPSA) is 40.7 Å². The van der Waals surface area contributed by atoms with Crippen LogP contribution in [-0.2, 0) is 0 Å². The number of allylic oxidation sites excluding steroid dienone is 1. The van der Waals surface area contributed by atoms with Crippen molar-refractivity contribution in [3.8, 4) is 0 Å². The third-order valence-electron chi connectivity index (χ3n) is 2.44. The summed E-state index contributed by atoms with van der Waals surface area (Å²) in [5, 5.41) is 3.06. The first kappa shape index (κ1) is 8.35. The molecule has 3 nitrogen and oxygen atoms in total. The van der Waals surface area contributed by atoms with Gasteiger partial charge in [-0.3, -0.25) is 0 Å². The van der Waals surface area contributed by atoms with E-state index in [1.807, 2.05) is 13.1 Å². The molecule has 13 heavy (non-hydrogen) atoms. The van der Waals surface area contributed by atoms with Crippen molar-refractivity contribution in [2.45, 2.75) is 26.2 Å². The number of nitrogens with one attached hydrogen (secondary N) is 2. The molecule has 2 N–H and O–H groups in total. The molecule has 1 heterocycles. The second-order valence-electron chi connectivity index (χ2n) is 3.91. The molecule has 2 unspecified atom stereocenters. The number of hydrogen-bond donors (Lipinski definition) is 2. The molecule has 1 fully saturated rings. The summed E-state index contributed by atoms with van der Waals surface area (Å²) in [5.74, 6) is 2.33. The molecule has 0 aliphatic heterocycles. The second-order valence-corrected chi connectivity index (χ2v) is 3.91. The first-order valence-corrected chi connectivity index (χ1v) is 4.64. The van der Waals surface area contributed by atoms with Crippen molar-refractivity contribution in [2.24, 2.45) is 5.92 Å². The molecule has 2 atom stereocenters.